The molecule has 2 amide bonds. The van der Waals surface area contributed by atoms with Crippen molar-refractivity contribution in [2.45, 2.75) is 51.1 Å². The van der Waals surface area contributed by atoms with Gasteiger partial charge in [-0.25, -0.2) is 0 Å². The number of benzene rings is 1. The van der Waals surface area contributed by atoms with E-state index in [1.54, 1.807) is 4.90 Å². The van der Waals surface area contributed by atoms with Gasteiger partial charge < -0.3 is 15.3 Å². The highest BCUT2D eigenvalue weighted by Gasteiger charge is 2.50. The van der Waals surface area contributed by atoms with E-state index in [1.165, 1.54) is 6.92 Å². The highest BCUT2D eigenvalue weighted by molar-refractivity contribution is 5.78. The summed E-state index contributed by atoms with van der Waals surface area (Å²) in [4.78, 5) is 25.8. The summed E-state index contributed by atoms with van der Waals surface area (Å²) in [6.07, 6.45) is 6.89. The smallest absolute Gasteiger partial charge is 0.220 e. The molecule has 140 valence electrons. The zero-order chi connectivity index (χ0) is 18.7. The van der Waals surface area contributed by atoms with Crippen LogP contribution in [0.3, 0.4) is 0 Å². The van der Waals surface area contributed by atoms with Crippen molar-refractivity contribution in [1.29, 1.82) is 0 Å². The number of nitrogens with one attached hydrogen (secondary N) is 1. The van der Waals surface area contributed by atoms with Gasteiger partial charge in [0.05, 0.1) is 18.7 Å². The number of allylic oxidation sites excluding steroid dienone is 1. The van der Waals surface area contributed by atoms with E-state index in [0.29, 0.717) is 18.9 Å². The lowest BCUT2D eigenvalue weighted by Gasteiger charge is -2.54. The predicted molar refractivity (Wildman–Crippen MR) is 101 cm³/mol. The molecule has 0 unspecified atom stereocenters. The van der Waals surface area contributed by atoms with Crippen molar-refractivity contribution in [2.24, 2.45) is 5.92 Å². The van der Waals surface area contributed by atoms with Gasteiger partial charge in [-0.05, 0) is 36.8 Å². The lowest BCUT2D eigenvalue weighted by atomic mass is 9.75. The Labute approximate surface area is 155 Å². The lowest BCUT2D eigenvalue weighted by molar-refractivity contribution is -0.148. The summed E-state index contributed by atoms with van der Waals surface area (Å²) in [5, 5.41) is 12.8. The van der Waals surface area contributed by atoms with Crippen LogP contribution in [0.15, 0.2) is 30.3 Å². The first kappa shape index (κ1) is 18.6. The van der Waals surface area contributed by atoms with Crippen molar-refractivity contribution in [3.05, 3.63) is 41.5 Å². The monoisotopic (exact) mass is 356 g/mol. The van der Waals surface area contributed by atoms with E-state index in [4.69, 9.17) is 0 Å². The number of rotatable bonds is 7. The molecule has 2 aliphatic rings. The van der Waals surface area contributed by atoms with E-state index < -0.39 is 0 Å². The van der Waals surface area contributed by atoms with Gasteiger partial charge in [0, 0.05) is 25.8 Å². The molecule has 5 heteroatoms. The van der Waals surface area contributed by atoms with Crippen LogP contribution in [0.4, 0.5) is 0 Å². The number of carbonyl (C=O) groups is 2. The Balaban J connectivity index is 1.72. The predicted octanol–water partition coefficient (Wildman–Crippen LogP) is 2.31. The maximum Gasteiger partial charge on any atom is 0.220 e. The molecule has 0 spiro atoms. The summed E-state index contributed by atoms with van der Waals surface area (Å²) in [6, 6.07) is 7.86. The van der Waals surface area contributed by atoms with Crippen LogP contribution in [0, 0.1) is 5.92 Å². The van der Waals surface area contributed by atoms with Crippen molar-refractivity contribution >= 4 is 17.9 Å². The Morgan fingerprint density at radius 3 is 2.46 bits per heavy atom. The molecule has 3 atom stereocenters. The van der Waals surface area contributed by atoms with Gasteiger partial charge in [-0.3, -0.25) is 9.59 Å². The second-order valence-electron chi connectivity index (χ2n) is 7.39. The van der Waals surface area contributed by atoms with Gasteiger partial charge in [0.15, 0.2) is 0 Å². The van der Waals surface area contributed by atoms with Gasteiger partial charge in [0.2, 0.25) is 11.8 Å². The third kappa shape index (κ3) is 3.98. The molecule has 1 saturated heterocycles. The molecular weight excluding hydrogens is 328 g/mol. The quantitative estimate of drug-likeness (QED) is 0.788. The van der Waals surface area contributed by atoms with Crippen LogP contribution in [-0.4, -0.2) is 47.1 Å². The highest BCUT2D eigenvalue weighted by atomic mass is 16.3. The minimum Gasteiger partial charge on any atom is -0.394 e. The molecule has 1 aliphatic heterocycles. The number of likely N-dealkylation sites (tertiary alicyclic amines) is 1. The first-order chi connectivity index (χ1) is 12.5. The molecule has 1 heterocycles. The number of aliphatic hydroxyl groups excluding tert-OH is 1. The van der Waals surface area contributed by atoms with Gasteiger partial charge in [-0.2, -0.15) is 0 Å². The summed E-state index contributed by atoms with van der Waals surface area (Å²) in [5.74, 6) is 0.572. The number of hydrogen-bond acceptors (Lipinski definition) is 3. The third-order valence-corrected chi connectivity index (χ3v) is 5.45. The summed E-state index contributed by atoms with van der Waals surface area (Å²) in [6.45, 7) is 3.86. The van der Waals surface area contributed by atoms with Gasteiger partial charge in [-0.15, -0.1) is 0 Å². The molecule has 3 rings (SSSR count). The van der Waals surface area contributed by atoms with Crippen molar-refractivity contribution in [3.63, 3.8) is 0 Å². The minimum atomic E-state index is -0.231. The van der Waals surface area contributed by atoms with E-state index in [-0.39, 0.29) is 36.4 Å². The fourth-order valence-corrected chi connectivity index (χ4v) is 3.98. The van der Waals surface area contributed by atoms with Crippen LogP contribution >= 0.6 is 0 Å². The summed E-state index contributed by atoms with van der Waals surface area (Å²) >= 11 is 0. The zero-order valence-corrected chi connectivity index (χ0v) is 15.5. The van der Waals surface area contributed by atoms with Gasteiger partial charge in [-0.1, -0.05) is 36.4 Å². The van der Waals surface area contributed by atoms with Crippen LogP contribution in [-0.2, 0) is 9.59 Å². The standard InChI is InChI=1S/C21H28N2O3/c1-3-4-15-7-9-17(10-8-15)21-18(23(14(2)25)19(21)13-24)12-22-20(26)11-16-5-6-16/h3-4,7-10,16,18-19,21,24H,5-6,11-13H2,1-2H3,(H,22,26)/b4-3+/t18-,19-,21-/m1/s1. The Morgan fingerprint density at radius 2 is 1.92 bits per heavy atom. The van der Waals surface area contributed by atoms with Crippen LogP contribution in [0.5, 0.6) is 0 Å². The maximum absolute atomic E-state index is 12.1. The lowest BCUT2D eigenvalue weighted by Crippen LogP contribution is -2.68. The average molecular weight is 356 g/mol. The topological polar surface area (TPSA) is 69.6 Å². The van der Waals surface area contributed by atoms with Crippen molar-refractivity contribution < 1.29 is 14.7 Å². The van der Waals surface area contributed by atoms with Crippen LogP contribution in [0.2, 0.25) is 0 Å². The van der Waals surface area contributed by atoms with E-state index in [9.17, 15) is 14.7 Å². The van der Waals surface area contributed by atoms with Crippen molar-refractivity contribution in [2.75, 3.05) is 13.2 Å². The molecule has 0 radical (unpaired) electrons. The first-order valence-corrected chi connectivity index (χ1v) is 9.44. The van der Waals surface area contributed by atoms with E-state index in [2.05, 4.69) is 17.4 Å². The Hall–Kier alpha value is -2.14. The van der Waals surface area contributed by atoms with Crippen LogP contribution in [0.25, 0.3) is 6.08 Å². The molecule has 0 aromatic heterocycles. The van der Waals surface area contributed by atoms with Crippen molar-refractivity contribution in [3.8, 4) is 0 Å². The SMILES string of the molecule is C/C=C/c1ccc([C@H]2[C@@H](CO)N(C(C)=O)[C@@H]2CNC(=O)CC2CC2)cc1. The van der Waals surface area contributed by atoms with Crippen LogP contribution < -0.4 is 5.32 Å². The van der Waals surface area contributed by atoms with Gasteiger partial charge in [0.1, 0.15) is 0 Å². The molecule has 26 heavy (non-hydrogen) atoms. The van der Waals surface area contributed by atoms with E-state index in [1.807, 2.05) is 31.2 Å². The normalized spacial score (nSPS) is 25.2. The van der Waals surface area contributed by atoms with Crippen molar-refractivity contribution in [1.82, 2.24) is 10.2 Å². The fourth-order valence-electron chi connectivity index (χ4n) is 3.98. The Bertz CT molecular complexity index is 679. The largest absolute Gasteiger partial charge is 0.394 e. The maximum atomic E-state index is 12.1. The summed E-state index contributed by atoms with van der Waals surface area (Å²) < 4.78 is 0. The molecule has 1 saturated carbocycles. The summed E-state index contributed by atoms with van der Waals surface area (Å²) in [5.41, 5.74) is 2.21. The second kappa shape index (κ2) is 8.04. The Morgan fingerprint density at radius 1 is 1.23 bits per heavy atom. The molecule has 2 N–H and O–H groups in total. The number of aliphatic hydroxyl groups is 1. The molecular formula is C21H28N2O3. The summed E-state index contributed by atoms with van der Waals surface area (Å²) in [7, 11) is 0. The first-order valence-electron chi connectivity index (χ1n) is 9.44. The highest BCUT2D eigenvalue weighted by Crippen LogP contribution is 2.40. The minimum absolute atomic E-state index is 0.0322. The second-order valence-corrected chi connectivity index (χ2v) is 7.39. The zero-order valence-electron chi connectivity index (χ0n) is 15.5. The Kier molecular flexibility index (Phi) is 5.77. The van der Waals surface area contributed by atoms with E-state index in [0.717, 1.165) is 24.0 Å². The average Bonchev–Trinajstić information content (AvgIpc) is 3.39. The van der Waals surface area contributed by atoms with Gasteiger partial charge in [0.25, 0.3) is 0 Å². The van der Waals surface area contributed by atoms with Gasteiger partial charge >= 0.3 is 0 Å². The molecule has 2 fully saturated rings. The van der Waals surface area contributed by atoms with Crippen LogP contribution in [0.1, 0.15) is 50.2 Å². The molecule has 5 nitrogen and oxygen atoms in total. The molecule has 1 aromatic rings. The molecule has 1 aromatic carbocycles. The fraction of sp³-hybridized carbons (Fsp3) is 0.524. The number of hydrogen-bond donors (Lipinski definition) is 2. The third-order valence-electron chi connectivity index (χ3n) is 5.45. The number of carbonyl (C=O) groups excluding carboxylic acids is 2. The number of amides is 2. The molecule has 0 bridgehead atoms. The molecule has 1 aliphatic carbocycles. The van der Waals surface area contributed by atoms with E-state index >= 15 is 0 Å². The number of nitrogens with zero attached hydrogens (tertiary/aromatic N) is 1.